The molecule has 2 N–H and O–H groups in total. The molecule has 3 nitrogen and oxygen atoms in total. The number of rotatable bonds is 6. The topological polar surface area (TPSA) is 49.3 Å². The van der Waals surface area contributed by atoms with Gasteiger partial charge in [-0.05, 0) is 31.7 Å². The van der Waals surface area contributed by atoms with Gasteiger partial charge in [-0.2, -0.15) is 0 Å². The van der Waals surface area contributed by atoms with Crippen LogP contribution in [0.2, 0.25) is 0 Å². The number of nitrogens with one attached hydrogen (secondary N) is 1. The van der Waals surface area contributed by atoms with Crippen LogP contribution in [0.5, 0.6) is 0 Å². The smallest absolute Gasteiger partial charge is 0.324 e. The highest BCUT2D eigenvalue weighted by atomic mass is 16.4. The van der Waals surface area contributed by atoms with Crippen molar-refractivity contribution in [3.8, 4) is 0 Å². The number of aliphatic carboxylic acids is 1. The summed E-state index contributed by atoms with van der Waals surface area (Å²) in [7, 11) is 0. The second-order valence-corrected chi connectivity index (χ2v) is 5.06. The van der Waals surface area contributed by atoms with Crippen molar-refractivity contribution in [1.29, 1.82) is 0 Å². The maximum Gasteiger partial charge on any atom is 0.324 e. The molecule has 1 aliphatic carbocycles. The van der Waals surface area contributed by atoms with E-state index < -0.39 is 11.5 Å². The van der Waals surface area contributed by atoms with Crippen molar-refractivity contribution in [3.05, 3.63) is 0 Å². The van der Waals surface area contributed by atoms with Crippen LogP contribution in [0.25, 0.3) is 0 Å². The van der Waals surface area contributed by atoms with Gasteiger partial charge >= 0.3 is 5.97 Å². The van der Waals surface area contributed by atoms with Gasteiger partial charge in [-0.3, -0.25) is 4.79 Å². The van der Waals surface area contributed by atoms with E-state index in [0.717, 1.165) is 32.2 Å². The van der Waals surface area contributed by atoms with Crippen LogP contribution in [0.1, 0.15) is 58.8 Å². The SMILES string of the molecule is CCCCCNC1(C(=O)O)CCCCC1C. The van der Waals surface area contributed by atoms with E-state index in [2.05, 4.69) is 19.2 Å². The molecule has 0 aromatic heterocycles. The van der Waals surface area contributed by atoms with Crippen molar-refractivity contribution in [2.24, 2.45) is 5.92 Å². The Labute approximate surface area is 98.6 Å². The van der Waals surface area contributed by atoms with Crippen molar-refractivity contribution in [3.63, 3.8) is 0 Å². The quantitative estimate of drug-likeness (QED) is 0.686. The number of carbonyl (C=O) groups is 1. The molecule has 0 amide bonds. The van der Waals surface area contributed by atoms with Crippen molar-refractivity contribution in [2.45, 2.75) is 64.3 Å². The summed E-state index contributed by atoms with van der Waals surface area (Å²) < 4.78 is 0. The molecule has 3 heteroatoms. The second-order valence-electron chi connectivity index (χ2n) is 5.06. The van der Waals surface area contributed by atoms with Crippen LogP contribution in [-0.2, 0) is 4.79 Å². The van der Waals surface area contributed by atoms with Crippen LogP contribution in [-0.4, -0.2) is 23.2 Å². The molecule has 2 unspecified atom stereocenters. The molecule has 0 heterocycles. The van der Waals surface area contributed by atoms with Gasteiger partial charge < -0.3 is 10.4 Å². The molecule has 0 radical (unpaired) electrons. The summed E-state index contributed by atoms with van der Waals surface area (Å²) in [6.45, 7) is 5.07. The molecule has 1 fully saturated rings. The molecule has 1 rings (SSSR count). The predicted molar refractivity (Wildman–Crippen MR) is 65.5 cm³/mol. The molecule has 1 saturated carbocycles. The fourth-order valence-electron chi connectivity index (χ4n) is 2.69. The van der Waals surface area contributed by atoms with Crippen LogP contribution in [0.15, 0.2) is 0 Å². The number of carboxylic acid groups (broad SMARTS) is 1. The minimum absolute atomic E-state index is 0.250. The normalized spacial score (nSPS) is 30.2. The predicted octanol–water partition coefficient (Wildman–Crippen LogP) is 2.80. The Kier molecular flexibility index (Phi) is 5.26. The number of hydrogen-bond acceptors (Lipinski definition) is 2. The monoisotopic (exact) mass is 227 g/mol. The molecule has 0 saturated heterocycles. The third-order valence-electron chi connectivity index (χ3n) is 3.90. The first kappa shape index (κ1) is 13.5. The molecule has 0 aliphatic heterocycles. The van der Waals surface area contributed by atoms with Gasteiger partial charge in [-0.15, -0.1) is 0 Å². The number of unbranched alkanes of at least 4 members (excludes halogenated alkanes) is 2. The zero-order valence-electron chi connectivity index (χ0n) is 10.6. The first-order chi connectivity index (χ1) is 7.63. The van der Waals surface area contributed by atoms with Gasteiger partial charge in [-0.25, -0.2) is 0 Å². The lowest BCUT2D eigenvalue weighted by Crippen LogP contribution is -2.58. The molecule has 0 bridgehead atoms. The highest BCUT2D eigenvalue weighted by Gasteiger charge is 2.44. The van der Waals surface area contributed by atoms with E-state index in [4.69, 9.17) is 0 Å². The molecular weight excluding hydrogens is 202 g/mol. The van der Waals surface area contributed by atoms with Gasteiger partial charge in [0, 0.05) is 0 Å². The first-order valence-corrected chi connectivity index (χ1v) is 6.62. The van der Waals surface area contributed by atoms with Crippen molar-refractivity contribution >= 4 is 5.97 Å². The lowest BCUT2D eigenvalue weighted by molar-refractivity contribution is -0.149. The molecule has 0 spiro atoms. The van der Waals surface area contributed by atoms with E-state index in [9.17, 15) is 9.90 Å². The molecule has 0 aromatic carbocycles. The average Bonchev–Trinajstić information content (AvgIpc) is 2.26. The fraction of sp³-hybridized carbons (Fsp3) is 0.923. The third-order valence-corrected chi connectivity index (χ3v) is 3.90. The Morgan fingerprint density at radius 1 is 1.44 bits per heavy atom. The van der Waals surface area contributed by atoms with E-state index in [1.807, 2.05) is 0 Å². The summed E-state index contributed by atoms with van der Waals surface area (Å²) in [5.41, 5.74) is -0.647. The van der Waals surface area contributed by atoms with Crippen LogP contribution >= 0.6 is 0 Å². The minimum Gasteiger partial charge on any atom is -0.480 e. The zero-order chi connectivity index (χ0) is 12.0. The summed E-state index contributed by atoms with van der Waals surface area (Å²) >= 11 is 0. The lowest BCUT2D eigenvalue weighted by atomic mass is 9.73. The Hall–Kier alpha value is -0.570. The van der Waals surface area contributed by atoms with Crippen molar-refractivity contribution in [2.75, 3.05) is 6.54 Å². The average molecular weight is 227 g/mol. The Bertz CT molecular complexity index is 230. The highest BCUT2D eigenvalue weighted by Crippen LogP contribution is 2.33. The van der Waals surface area contributed by atoms with E-state index in [1.54, 1.807) is 0 Å². The fourth-order valence-corrected chi connectivity index (χ4v) is 2.69. The maximum absolute atomic E-state index is 11.5. The summed E-state index contributed by atoms with van der Waals surface area (Å²) in [6, 6.07) is 0. The third kappa shape index (κ3) is 2.97. The van der Waals surface area contributed by atoms with E-state index in [0.29, 0.717) is 0 Å². The maximum atomic E-state index is 11.5. The molecule has 2 atom stereocenters. The summed E-state index contributed by atoms with van der Waals surface area (Å²) in [4.78, 5) is 11.5. The van der Waals surface area contributed by atoms with Gasteiger partial charge in [0.1, 0.15) is 5.54 Å². The van der Waals surface area contributed by atoms with Crippen LogP contribution in [0, 0.1) is 5.92 Å². The summed E-state index contributed by atoms with van der Waals surface area (Å²) in [6.07, 6.45) is 7.47. The van der Waals surface area contributed by atoms with Gasteiger partial charge in [0.25, 0.3) is 0 Å². The van der Waals surface area contributed by atoms with Gasteiger partial charge in [-0.1, -0.05) is 39.5 Å². The van der Waals surface area contributed by atoms with Crippen LogP contribution in [0.3, 0.4) is 0 Å². The van der Waals surface area contributed by atoms with Gasteiger partial charge in [0.05, 0.1) is 0 Å². The molecule has 1 aliphatic rings. The number of hydrogen-bond donors (Lipinski definition) is 2. The minimum atomic E-state index is -0.656. The van der Waals surface area contributed by atoms with Gasteiger partial charge in [0.2, 0.25) is 0 Å². The molecule has 0 aromatic rings. The summed E-state index contributed by atoms with van der Waals surface area (Å²) in [5.74, 6) is -0.406. The van der Waals surface area contributed by atoms with E-state index in [1.165, 1.54) is 19.3 Å². The Morgan fingerprint density at radius 2 is 2.19 bits per heavy atom. The van der Waals surface area contributed by atoms with Crippen LogP contribution < -0.4 is 5.32 Å². The summed E-state index contributed by atoms with van der Waals surface area (Å²) in [5, 5.41) is 12.8. The standard InChI is InChI=1S/C13H25NO2/c1-3-4-7-10-14-13(12(15)16)9-6-5-8-11(13)2/h11,14H,3-10H2,1-2H3,(H,15,16). The second kappa shape index (κ2) is 6.24. The molecule has 94 valence electrons. The Morgan fingerprint density at radius 3 is 2.75 bits per heavy atom. The van der Waals surface area contributed by atoms with E-state index in [-0.39, 0.29) is 5.92 Å². The Balaban J connectivity index is 2.54. The zero-order valence-corrected chi connectivity index (χ0v) is 10.6. The van der Waals surface area contributed by atoms with Crippen LogP contribution in [0.4, 0.5) is 0 Å². The van der Waals surface area contributed by atoms with Crippen molar-refractivity contribution < 1.29 is 9.90 Å². The highest BCUT2D eigenvalue weighted by molar-refractivity contribution is 5.79. The molecular formula is C13H25NO2. The largest absolute Gasteiger partial charge is 0.480 e. The van der Waals surface area contributed by atoms with Gasteiger partial charge in [0.15, 0.2) is 0 Å². The van der Waals surface area contributed by atoms with Crippen molar-refractivity contribution in [1.82, 2.24) is 5.32 Å². The van der Waals surface area contributed by atoms with E-state index >= 15 is 0 Å². The molecule has 16 heavy (non-hydrogen) atoms. The first-order valence-electron chi connectivity index (χ1n) is 6.62. The number of carboxylic acids is 1. The lowest BCUT2D eigenvalue weighted by Gasteiger charge is -2.40.